The van der Waals surface area contributed by atoms with Crippen molar-refractivity contribution in [2.45, 2.75) is 6.54 Å². The summed E-state index contributed by atoms with van der Waals surface area (Å²) in [7, 11) is 0. The molecule has 0 radical (unpaired) electrons. The Bertz CT molecular complexity index is 1020. The highest BCUT2D eigenvalue weighted by Gasteiger charge is 2.10. The fourth-order valence-electron chi connectivity index (χ4n) is 2.73. The molecule has 0 fully saturated rings. The SMILES string of the molecule is Nc1nc(/C=C/c2ccccc2)c2ncn(Cc3ccccc3)c2n1. The van der Waals surface area contributed by atoms with E-state index in [1.165, 1.54) is 5.56 Å². The van der Waals surface area contributed by atoms with E-state index in [-0.39, 0.29) is 5.95 Å². The van der Waals surface area contributed by atoms with Gasteiger partial charge in [0.05, 0.1) is 18.6 Å². The predicted octanol–water partition coefficient (Wildman–Crippen LogP) is 3.63. The van der Waals surface area contributed by atoms with Crippen molar-refractivity contribution >= 4 is 29.3 Å². The number of imidazole rings is 1. The Morgan fingerprint density at radius 1 is 0.880 bits per heavy atom. The van der Waals surface area contributed by atoms with E-state index in [0.29, 0.717) is 6.54 Å². The van der Waals surface area contributed by atoms with Crippen LogP contribution in [0.3, 0.4) is 0 Å². The Kier molecular flexibility index (Phi) is 3.96. The van der Waals surface area contributed by atoms with Crippen molar-refractivity contribution in [2.75, 3.05) is 5.73 Å². The first-order valence-electron chi connectivity index (χ1n) is 8.05. The molecule has 122 valence electrons. The van der Waals surface area contributed by atoms with Gasteiger partial charge in [0.25, 0.3) is 0 Å². The molecule has 0 bridgehead atoms. The summed E-state index contributed by atoms with van der Waals surface area (Å²) in [5.74, 6) is 0.245. The third kappa shape index (κ3) is 3.26. The lowest BCUT2D eigenvalue weighted by molar-refractivity contribution is 0.814. The second-order valence-electron chi connectivity index (χ2n) is 5.74. The maximum atomic E-state index is 5.92. The lowest BCUT2D eigenvalue weighted by atomic mass is 10.2. The number of nitrogen functional groups attached to an aromatic ring is 1. The predicted molar refractivity (Wildman–Crippen MR) is 101 cm³/mol. The Labute approximate surface area is 145 Å². The lowest BCUT2D eigenvalue weighted by Gasteiger charge is -2.05. The molecule has 0 saturated heterocycles. The minimum absolute atomic E-state index is 0.245. The molecular weight excluding hydrogens is 310 g/mol. The summed E-state index contributed by atoms with van der Waals surface area (Å²) in [6.45, 7) is 0.690. The van der Waals surface area contributed by atoms with Crippen LogP contribution in [-0.2, 0) is 6.54 Å². The van der Waals surface area contributed by atoms with Crippen molar-refractivity contribution in [1.82, 2.24) is 19.5 Å². The van der Waals surface area contributed by atoms with Crippen LogP contribution in [0.4, 0.5) is 5.95 Å². The van der Waals surface area contributed by atoms with Gasteiger partial charge in [0.1, 0.15) is 5.52 Å². The van der Waals surface area contributed by atoms with Gasteiger partial charge in [0.15, 0.2) is 5.65 Å². The number of hydrogen-bond donors (Lipinski definition) is 1. The molecule has 5 nitrogen and oxygen atoms in total. The number of benzene rings is 2. The summed E-state index contributed by atoms with van der Waals surface area (Å²) in [6, 6.07) is 20.2. The van der Waals surface area contributed by atoms with Gasteiger partial charge in [-0.3, -0.25) is 0 Å². The molecule has 0 spiro atoms. The quantitative estimate of drug-likeness (QED) is 0.621. The van der Waals surface area contributed by atoms with E-state index in [1.807, 2.05) is 65.3 Å². The number of fused-ring (bicyclic) bond motifs is 1. The van der Waals surface area contributed by atoms with Crippen LogP contribution in [0, 0.1) is 0 Å². The van der Waals surface area contributed by atoms with Gasteiger partial charge in [-0.1, -0.05) is 66.7 Å². The molecule has 0 aliphatic rings. The van der Waals surface area contributed by atoms with E-state index in [4.69, 9.17) is 5.73 Å². The molecule has 0 aliphatic carbocycles. The van der Waals surface area contributed by atoms with Gasteiger partial charge in [-0.05, 0) is 17.2 Å². The van der Waals surface area contributed by atoms with Crippen molar-refractivity contribution in [1.29, 1.82) is 0 Å². The van der Waals surface area contributed by atoms with Gasteiger partial charge in [-0.15, -0.1) is 0 Å². The fraction of sp³-hybridized carbons (Fsp3) is 0.0500. The molecule has 5 heteroatoms. The highest BCUT2D eigenvalue weighted by atomic mass is 15.1. The zero-order valence-corrected chi connectivity index (χ0v) is 13.6. The number of aromatic nitrogens is 4. The molecule has 0 amide bonds. The molecule has 2 aromatic carbocycles. The normalized spacial score (nSPS) is 11.4. The number of nitrogens with two attached hydrogens (primary N) is 1. The maximum Gasteiger partial charge on any atom is 0.222 e. The van der Waals surface area contributed by atoms with Gasteiger partial charge < -0.3 is 10.3 Å². The van der Waals surface area contributed by atoms with Crippen LogP contribution >= 0.6 is 0 Å². The van der Waals surface area contributed by atoms with Crippen LogP contribution in [0.1, 0.15) is 16.8 Å². The summed E-state index contributed by atoms with van der Waals surface area (Å²) in [5.41, 5.74) is 10.4. The van der Waals surface area contributed by atoms with Crippen molar-refractivity contribution in [2.24, 2.45) is 0 Å². The fourth-order valence-corrected chi connectivity index (χ4v) is 2.73. The van der Waals surface area contributed by atoms with Crippen molar-refractivity contribution in [3.63, 3.8) is 0 Å². The van der Waals surface area contributed by atoms with Gasteiger partial charge >= 0.3 is 0 Å². The third-order valence-electron chi connectivity index (χ3n) is 3.94. The number of nitrogens with zero attached hydrogens (tertiary/aromatic N) is 4. The van der Waals surface area contributed by atoms with Crippen LogP contribution in [-0.4, -0.2) is 19.5 Å². The van der Waals surface area contributed by atoms with Crippen LogP contribution < -0.4 is 5.73 Å². The van der Waals surface area contributed by atoms with Crippen molar-refractivity contribution in [3.05, 3.63) is 83.8 Å². The zero-order chi connectivity index (χ0) is 17.1. The van der Waals surface area contributed by atoms with Gasteiger partial charge in [-0.2, -0.15) is 4.98 Å². The van der Waals surface area contributed by atoms with E-state index in [9.17, 15) is 0 Å². The highest BCUT2D eigenvalue weighted by molar-refractivity contribution is 5.85. The molecule has 0 atom stereocenters. The van der Waals surface area contributed by atoms with E-state index >= 15 is 0 Å². The smallest absolute Gasteiger partial charge is 0.222 e. The standard InChI is InChI=1S/C20H17N5/c21-20-23-17(12-11-15-7-3-1-4-8-15)18-19(24-20)25(14-22-18)13-16-9-5-2-6-10-16/h1-12,14H,13H2,(H2,21,23,24)/b12-11+. The van der Waals surface area contributed by atoms with Crippen LogP contribution in [0.15, 0.2) is 67.0 Å². The Morgan fingerprint density at radius 2 is 1.60 bits per heavy atom. The first-order chi connectivity index (χ1) is 12.3. The van der Waals surface area contributed by atoms with Crippen LogP contribution in [0.5, 0.6) is 0 Å². The number of hydrogen-bond acceptors (Lipinski definition) is 4. The molecule has 4 aromatic rings. The van der Waals surface area contributed by atoms with E-state index < -0.39 is 0 Å². The Hall–Kier alpha value is -3.47. The summed E-state index contributed by atoms with van der Waals surface area (Å²) in [6.07, 6.45) is 5.71. The molecule has 0 saturated carbocycles. The first-order valence-corrected chi connectivity index (χ1v) is 8.05. The Balaban J connectivity index is 1.73. The minimum Gasteiger partial charge on any atom is -0.368 e. The first kappa shape index (κ1) is 15.1. The molecule has 0 aliphatic heterocycles. The zero-order valence-electron chi connectivity index (χ0n) is 13.6. The lowest BCUT2D eigenvalue weighted by Crippen LogP contribution is -2.03. The monoisotopic (exact) mass is 327 g/mol. The number of rotatable bonds is 4. The molecule has 2 aromatic heterocycles. The average Bonchev–Trinajstić information content (AvgIpc) is 3.04. The minimum atomic E-state index is 0.245. The number of anilines is 1. The van der Waals surface area contributed by atoms with Gasteiger partial charge in [0.2, 0.25) is 5.95 Å². The molecule has 2 heterocycles. The van der Waals surface area contributed by atoms with E-state index in [1.54, 1.807) is 6.33 Å². The van der Waals surface area contributed by atoms with Crippen LogP contribution in [0.2, 0.25) is 0 Å². The van der Waals surface area contributed by atoms with Crippen molar-refractivity contribution in [3.8, 4) is 0 Å². The molecule has 25 heavy (non-hydrogen) atoms. The summed E-state index contributed by atoms with van der Waals surface area (Å²) in [5, 5.41) is 0. The summed E-state index contributed by atoms with van der Waals surface area (Å²) < 4.78 is 1.99. The van der Waals surface area contributed by atoms with Crippen LogP contribution in [0.25, 0.3) is 23.3 Å². The maximum absolute atomic E-state index is 5.92. The summed E-state index contributed by atoms with van der Waals surface area (Å²) >= 11 is 0. The molecule has 0 unspecified atom stereocenters. The third-order valence-corrected chi connectivity index (χ3v) is 3.94. The van der Waals surface area contributed by atoms with Gasteiger partial charge in [0, 0.05) is 0 Å². The molecular formula is C20H17N5. The molecule has 4 rings (SSSR count). The Morgan fingerprint density at radius 3 is 2.36 bits per heavy atom. The van der Waals surface area contributed by atoms with E-state index in [2.05, 4.69) is 27.1 Å². The largest absolute Gasteiger partial charge is 0.368 e. The van der Waals surface area contributed by atoms with Gasteiger partial charge in [-0.25, -0.2) is 9.97 Å². The summed E-state index contributed by atoms with van der Waals surface area (Å²) in [4.78, 5) is 13.2. The molecule has 2 N–H and O–H groups in total. The second-order valence-corrected chi connectivity index (χ2v) is 5.74. The highest BCUT2D eigenvalue weighted by Crippen LogP contribution is 2.19. The second kappa shape index (κ2) is 6.57. The topological polar surface area (TPSA) is 69.6 Å². The average molecular weight is 327 g/mol. The van der Waals surface area contributed by atoms with Crippen molar-refractivity contribution < 1.29 is 0 Å². The van der Waals surface area contributed by atoms with E-state index in [0.717, 1.165) is 22.4 Å².